The van der Waals surface area contributed by atoms with Crippen molar-refractivity contribution in [2.45, 2.75) is 56.3 Å². The molecule has 1 fully saturated rings. The molecule has 24 heavy (non-hydrogen) atoms. The molecule has 2 rings (SSSR count). The minimum absolute atomic E-state index is 0.0236. The molecule has 134 valence electrons. The number of carboxylic acid groups (broad SMARTS) is 1. The molecule has 0 saturated heterocycles. The third-order valence-corrected chi connectivity index (χ3v) is 4.51. The van der Waals surface area contributed by atoms with Crippen molar-refractivity contribution in [2.75, 3.05) is 0 Å². The fourth-order valence-corrected chi connectivity index (χ4v) is 3.19. The van der Waals surface area contributed by atoms with Crippen LogP contribution < -0.4 is 0 Å². The van der Waals surface area contributed by atoms with Gasteiger partial charge in [-0.3, -0.25) is 4.79 Å². The fraction of sp³-hybridized carbons (Fsp3) is 0.562. The molecular weight excluding hydrogens is 338 g/mol. The van der Waals surface area contributed by atoms with E-state index < -0.39 is 40.4 Å². The Hall–Kier alpha value is -1.73. The molecule has 1 aromatic rings. The maximum Gasteiger partial charge on any atom is 0.416 e. The Morgan fingerprint density at radius 1 is 0.833 bits per heavy atom. The highest BCUT2D eigenvalue weighted by atomic mass is 19.4. The van der Waals surface area contributed by atoms with E-state index in [9.17, 15) is 36.2 Å². The summed E-state index contributed by atoms with van der Waals surface area (Å²) in [6.45, 7) is 0. The van der Waals surface area contributed by atoms with Crippen molar-refractivity contribution >= 4 is 5.97 Å². The largest absolute Gasteiger partial charge is 0.481 e. The van der Waals surface area contributed by atoms with Crippen molar-refractivity contribution < 1.29 is 36.2 Å². The first-order valence-electron chi connectivity index (χ1n) is 7.50. The first kappa shape index (κ1) is 18.6. The Bertz CT molecular complexity index is 578. The zero-order valence-electron chi connectivity index (χ0n) is 12.6. The maximum absolute atomic E-state index is 13.0. The molecule has 0 bridgehead atoms. The van der Waals surface area contributed by atoms with Crippen LogP contribution in [-0.4, -0.2) is 11.1 Å². The van der Waals surface area contributed by atoms with Crippen molar-refractivity contribution in [1.29, 1.82) is 0 Å². The van der Waals surface area contributed by atoms with Crippen molar-refractivity contribution in [2.24, 2.45) is 0 Å². The van der Waals surface area contributed by atoms with Gasteiger partial charge >= 0.3 is 18.3 Å². The molecule has 1 saturated carbocycles. The average Bonchev–Trinajstić information content (AvgIpc) is 2.71. The predicted octanol–water partition coefficient (Wildman–Crippen LogP) is 5.40. The normalized spacial score (nSPS) is 18.9. The molecule has 0 atom stereocenters. The molecule has 0 spiro atoms. The van der Waals surface area contributed by atoms with Crippen LogP contribution in [0.15, 0.2) is 18.2 Å². The van der Waals surface area contributed by atoms with Crippen molar-refractivity contribution in [3.05, 3.63) is 34.9 Å². The summed E-state index contributed by atoms with van der Waals surface area (Å²) in [7, 11) is 0. The zero-order chi connectivity index (χ0) is 18.2. The predicted molar refractivity (Wildman–Crippen MR) is 73.5 cm³/mol. The summed E-state index contributed by atoms with van der Waals surface area (Å²) >= 11 is 0. The van der Waals surface area contributed by atoms with Gasteiger partial charge in [-0.1, -0.05) is 25.7 Å². The summed E-state index contributed by atoms with van der Waals surface area (Å²) in [6, 6.07) is 1.12. The molecular formula is C16H16F6O2. The van der Waals surface area contributed by atoms with E-state index >= 15 is 0 Å². The van der Waals surface area contributed by atoms with Gasteiger partial charge in [0.25, 0.3) is 0 Å². The molecule has 0 aliphatic heterocycles. The van der Waals surface area contributed by atoms with Gasteiger partial charge in [0.1, 0.15) is 0 Å². The van der Waals surface area contributed by atoms with Crippen LogP contribution in [0.4, 0.5) is 26.3 Å². The number of carboxylic acids is 1. The van der Waals surface area contributed by atoms with Gasteiger partial charge < -0.3 is 5.11 Å². The van der Waals surface area contributed by atoms with Gasteiger partial charge in [-0.05, 0) is 36.6 Å². The number of benzene rings is 1. The van der Waals surface area contributed by atoms with Crippen LogP contribution in [-0.2, 0) is 22.6 Å². The second kappa shape index (κ2) is 6.29. The quantitative estimate of drug-likeness (QED) is 0.570. The lowest BCUT2D eigenvalue weighted by atomic mass is 9.73. The van der Waals surface area contributed by atoms with Gasteiger partial charge in [0.2, 0.25) is 0 Å². The molecule has 0 unspecified atom stereocenters. The zero-order valence-corrected chi connectivity index (χ0v) is 12.6. The molecule has 0 amide bonds. The van der Waals surface area contributed by atoms with Crippen LogP contribution in [0.1, 0.15) is 55.2 Å². The maximum atomic E-state index is 13.0. The van der Waals surface area contributed by atoms with E-state index in [0.29, 0.717) is 37.8 Å². The van der Waals surface area contributed by atoms with Gasteiger partial charge in [0.05, 0.1) is 16.5 Å². The highest BCUT2D eigenvalue weighted by Gasteiger charge is 2.44. The first-order valence-corrected chi connectivity index (χ1v) is 7.50. The molecule has 0 heterocycles. The molecule has 1 aliphatic rings. The highest BCUT2D eigenvalue weighted by molar-refractivity contribution is 5.81. The van der Waals surface area contributed by atoms with E-state index in [1.54, 1.807) is 0 Å². The molecule has 1 aliphatic carbocycles. The standard InChI is InChI=1S/C16H16F6O2/c17-15(18,19)11-7-10(8-12(9-11)16(20,21)22)14(13(23)24)5-3-1-2-4-6-14/h7-9H,1-6H2,(H,23,24). The number of alkyl halides is 6. The number of hydrogen-bond acceptors (Lipinski definition) is 1. The molecule has 2 nitrogen and oxygen atoms in total. The molecule has 8 heteroatoms. The monoisotopic (exact) mass is 354 g/mol. The minimum atomic E-state index is -4.99. The summed E-state index contributed by atoms with van der Waals surface area (Å²) in [6.07, 6.45) is -7.60. The van der Waals surface area contributed by atoms with Gasteiger partial charge in [-0.25, -0.2) is 0 Å². The number of hydrogen-bond donors (Lipinski definition) is 1. The number of aliphatic carboxylic acids is 1. The van der Waals surface area contributed by atoms with E-state index in [-0.39, 0.29) is 18.9 Å². The summed E-state index contributed by atoms with van der Waals surface area (Å²) in [5.74, 6) is -1.38. The van der Waals surface area contributed by atoms with Crippen LogP contribution in [0.25, 0.3) is 0 Å². The van der Waals surface area contributed by atoms with Gasteiger partial charge in [0.15, 0.2) is 0 Å². The van der Waals surface area contributed by atoms with E-state index in [4.69, 9.17) is 0 Å². The van der Waals surface area contributed by atoms with Crippen molar-refractivity contribution in [3.8, 4) is 0 Å². The van der Waals surface area contributed by atoms with Crippen molar-refractivity contribution in [3.63, 3.8) is 0 Å². The van der Waals surface area contributed by atoms with Gasteiger partial charge in [-0.15, -0.1) is 0 Å². The summed E-state index contributed by atoms with van der Waals surface area (Å²) in [5.41, 5.74) is -5.08. The fourth-order valence-electron chi connectivity index (χ4n) is 3.19. The Labute approximate surface area is 134 Å². The Balaban J connectivity index is 2.68. The second-order valence-corrected chi connectivity index (χ2v) is 6.10. The summed E-state index contributed by atoms with van der Waals surface area (Å²) in [4.78, 5) is 11.8. The van der Waals surface area contributed by atoms with Crippen LogP contribution in [0.5, 0.6) is 0 Å². The number of rotatable bonds is 2. The Morgan fingerprint density at radius 2 is 1.25 bits per heavy atom. The summed E-state index contributed by atoms with van der Waals surface area (Å²) in [5, 5.41) is 9.59. The Morgan fingerprint density at radius 3 is 1.58 bits per heavy atom. The third-order valence-electron chi connectivity index (χ3n) is 4.51. The van der Waals surface area contributed by atoms with E-state index in [2.05, 4.69) is 0 Å². The lowest BCUT2D eigenvalue weighted by Crippen LogP contribution is -2.36. The summed E-state index contributed by atoms with van der Waals surface area (Å²) < 4.78 is 78.0. The average molecular weight is 354 g/mol. The van der Waals surface area contributed by atoms with Crippen LogP contribution in [0.3, 0.4) is 0 Å². The van der Waals surface area contributed by atoms with Crippen molar-refractivity contribution in [1.82, 2.24) is 0 Å². The van der Waals surface area contributed by atoms with Crippen LogP contribution >= 0.6 is 0 Å². The third kappa shape index (κ3) is 3.67. The van der Waals surface area contributed by atoms with E-state index in [0.717, 1.165) is 0 Å². The Kier molecular flexibility index (Phi) is 4.88. The van der Waals surface area contributed by atoms with E-state index in [1.165, 1.54) is 0 Å². The SMILES string of the molecule is O=C(O)C1(c2cc(C(F)(F)F)cc(C(F)(F)F)c2)CCCCCC1. The lowest BCUT2D eigenvalue weighted by molar-refractivity contribution is -0.147. The van der Waals surface area contributed by atoms with Gasteiger partial charge in [-0.2, -0.15) is 26.3 Å². The smallest absolute Gasteiger partial charge is 0.416 e. The minimum Gasteiger partial charge on any atom is -0.481 e. The van der Waals surface area contributed by atoms with E-state index in [1.807, 2.05) is 0 Å². The number of halogens is 6. The second-order valence-electron chi connectivity index (χ2n) is 6.10. The lowest BCUT2D eigenvalue weighted by Gasteiger charge is -2.30. The molecule has 0 aromatic heterocycles. The van der Waals surface area contributed by atoms with Crippen LogP contribution in [0, 0.1) is 0 Å². The number of carbonyl (C=O) groups is 1. The molecule has 1 aromatic carbocycles. The van der Waals surface area contributed by atoms with Crippen LogP contribution in [0.2, 0.25) is 0 Å². The van der Waals surface area contributed by atoms with Gasteiger partial charge in [0, 0.05) is 0 Å². The molecule has 1 N–H and O–H groups in total. The molecule has 0 radical (unpaired) electrons. The topological polar surface area (TPSA) is 37.3 Å². The highest BCUT2D eigenvalue weighted by Crippen LogP contribution is 2.43. The first-order chi connectivity index (χ1) is 11.0.